The first-order chi connectivity index (χ1) is 15.2. The Morgan fingerprint density at radius 1 is 0.710 bits per heavy atom. The molecule has 4 nitrogen and oxygen atoms in total. The van der Waals surface area contributed by atoms with Crippen molar-refractivity contribution in [3.8, 4) is 0 Å². The van der Waals surface area contributed by atoms with E-state index in [1.54, 1.807) is 6.08 Å². The average molecular weight is 412 g/mol. The lowest BCUT2D eigenvalue weighted by Crippen LogP contribution is -2.45. The van der Waals surface area contributed by atoms with Crippen LogP contribution in [0.5, 0.6) is 0 Å². The summed E-state index contributed by atoms with van der Waals surface area (Å²) in [6.45, 7) is 0.551. The van der Waals surface area contributed by atoms with Crippen LogP contribution in [-0.4, -0.2) is 23.0 Å². The zero-order valence-electron chi connectivity index (χ0n) is 17.2. The highest BCUT2D eigenvalue weighted by Crippen LogP contribution is 2.41. The van der Waals surface area contributed by atoms with Crippen molar-refractivity contribution in [2.24, 2.45) is 0 Å². The van der Waals surface area contributed by atoms with Gasteiger partial charge < -0.3 is 19.5 Å². The average Bonchev–Trinajstić information content (AvgIpc) is 2.83. The fourth-order valence-electron chi connectivity index (χ4n) is 3.67. The summed E-state index contributed by atoms with van der Waals surface area (Å²) in [5, 5.41) is 20.6. The Hall–Kier alpha value is -2.96. The molecule has 1 aliphatic carbocycles. The summed E-state index contributed by atoms with van der Waals surface area (Å²) in [5.74, 6) is -2.13. The summed E-state index contributed by atoms with van der Waals surface area (Å²) in [4.78, 5) is 0. The van der Waals surface area contributed by atoms with Crippen LogP contribution in [0.25, 0.3) is 5.57 Å². The normalized spacial score (nSPS) is 17.2. The molecular weight excluding hydrogens is 387 g/mol. The molecule has 0 amide bonds. The van der Waals surface area contributed by atoms with E-state index in [4.69, 9.17) is 9.47 Å². The maximum atomic E-state index is 10.3. The molecule has 1 aliphatic rings. The third kappa shape index (κ3) is 5.21. The van der Waals surface area contributed by atoms with Crippen LogP contribution < -0.4 is 0 Å². The summed E-state index contributed by atoms with van der Waals surface area (Å²) < 4.78 is 12.5. The van der Waals surface area contributed by atoms with E-state index in [1.807, 2.05) is 103 Å². The minimum Gasteiger partial charge on any atom is -0.427 e. The van der Waals surface area contributed by atoms with Gasteiger partial charge in [0.15, 0.2) is 5.79 Å². The minimum atomic E-state index is -1.66. The van der Waals surface area contributed by atoms with Crippen LogP contribution in [0.3, 0.4) is 0 Å². The van der Waals surface area contributed by atoms with Gasteiger partial charge in [-0.15, -0.1) is 0 Å². The number of hydrogen-bond acceptors (Lipinski definition) is 4. The van der Waals surface area contributed by atoms with Crippen molar-refractivity contribution in [2.75, 3.05) is 0 Å². The monoisotopic (exact) mass is 412 g/mol. The molecule has 1 unspecified atom stereocenters. The van der Waals surface area contributed by atoms with Crippen molar-refractivity contribution in [3.63, 3.8) is 0 Å². The maximum absolute atomic E-state index is 10.3. The van der Waals surface area contributed by atoms with E-state index in [-0.39, 0.29) is 13.2 Å². The van der Waals surface area contributed by atoms with Gasteiger partial charge in [-0.3, -0.25) is 0 Å². The summed E-state index contributed by atoms with van der Waals surface area (Å²) in [7, 11) is -1.66. The Kier molecular flexibility index (Phi) is 6.80. The third-order valence-corrected chi connectivity index (χ3v) is 5.36. The molecule has 5 heteroatoms. The van der Waals surface area contributed by atoms with Gasteiger partial charge in [0, 0.05) is 0 Å². The molecule has 4 rings (SSSR count). The van der Waals surface area contributed by atoms with E-state index in [2.05, 4.69) is 0 Å². The van der Waals surface area contributed by atoms with Gasteiger partial charge in [-0.25, -0.2) is 0 Å². The molecule has 2 N–H and O–H groups in total. The highest BCUT2D eigenvalue weighted by Gasteiger charge is 2.46. The zero-order chi connectivity index (χ0) is 21.5. The molecular formula is C26H25BO4. The van der Waals surface area contributed by atoms with Crippen molar-refractivity contribution in [2.45, 2.75) is 24.8 Å². The Morgan fingerprint density at radius 3 is 1.68 bits per heavy atom. The summed E-state index contributed by atoms with van der Waals surface area (Å²) in [6.07, 6.45) is 5.53. The van der Waals surface area contributed by atoms with Gasteiger partial charge in [-0.1, -0.05) is 103 Å². The second-order valence-electron chi connectivity index (χ2n) is 7.53. The zero-order valence-corrected chi connectivity index (χ0v) is 17.2. The van der Waals surface area contributed by atoms with Crippen molar-refractivity contribution >= 4 is 12.7 Å². The van der Waals surface area contributed by atoms with Crippen LogP contribution in [0.2, 0.25) is 5.82 Å². The van der Waals surface area contributed by atoms with Gasteiger partial charge in [-0.2, -0.15) is 0 Å². The minimum absolute atomic E-state index is 0.275. The molecule has 156 valence electrons. The number of ether oxygens (including phenoxy) is 2. The smallest absolute Gasteiger partial charge is 0.427 e. The molecule has 0 aromatic heterocycles. The van der Waals surface area contributed by atoms with E-state index in [0.29, 0.717) is 0 Å². The fraction of sp³-hybridized carbons (Fsp3) is 0.154. The molecule has 3 aromatic carbocycles. The van der Waals surface area contributed by atoms with E-state index < -0.39 is 18.7 Å². The molecule has 0 saturated carbocycles. The van der Waals surface area contributed by atoms with Crippen LogP contribution in [0.15, 0.2) is 109 Å². The van der Waals surface area contributed by atoms with E-state index in [9.17, 15) is 10.0 Å². The second kappa shape index (κ2) is 9.90. The Bertz CT molecular complexity index is 974. The maximum Gasteiger partial charge on any atom is 0.464 e. The van der Waals surface area contributed by atoms with Crippen LogP contribution in [0, 0.1) is 0 Å². The predicted molar refractivity (Wildman–Crippen MR) is 123 cm³/mol. The quantitative estimate of drug-likeness (QED) is 0.419. The highest BCUT2D eigenvalue weighted by atomic mass is 16.7. The van der Waals surface area contributed by atoms with Crippen LogP contribution in [-0.2, 0) is 22.7 Å². The lowest BCUT2D eigenvalue weighted by molar-refractivity contribution is -0.218. The lowest BCUT2D eigenvalue weighted by Gasteiger charge is -2.39. The lowest BCUT2D eigenvalue weighted by atomic mass is 9.64. The van der Waals surface area contributed by atoms with E-state index >= 15 is 0 Å². The number of allylic oxidation sites excluding steroid dienone is 2. The van der Waals surface area contributed by atoms with Gasteiger partial charge >= 0.3 is 7.12 Å². The number of benzene rings is 3. The van der Waals surface area contributed by atoms with Gasteiger partial charge in [0.25, 0.3) is 0 Å². The van der Waals surface area contributed by atoms with Crippen molar-refractivity contribution < 1.29 is 19.5 Å². The summed E-state index contributed by atoms with van der Waals surface area (Å²) in [6, 6.07) is 29.4. The summed E-state index contributed by atoms with van der Waals surface area (Å²) in [5.41, 5.74) is 3.83. The van der Waals surface area contributed by atoms with Crippen LogP contribution in [0.4, 0.5) is 0 Å². The molecule has 0 aliphatic heterocycles. The first kappa shape index (κ1) is 21.3. The first-order valence-corrected chi connectivity index (χ1v) is 10.3. The Balaban J connectivity index is 1.64. The van der Waals surface area contributed by atoms with Gasteiger partial charge in [0.05, 0.1) is 19.0 Å². The number of hydrogen-bond donors (Lipinski definition) is 2. The number of rotatable bonds is 8. The molecule has 0 saturated heterocycles. The van der Waals surface area contributed by atoms with E-state index in [1.165, 1.54) is 0 Å². The van der Waals surface area contributed by atoms with Gasteiger partial charge in [0.1, 0.15) is 0 Å². The molecule has 0 heterocycles. The van der Waals surface area contributed by atoms with Crippen molar-refractivity contribution in [1.82, 2.24) is 0 Å². The molecule has 3 aromatic rings. The first-order valence-electron chi connectivity index (χ1n) is 10.3. The standard InChI is InChI=1S/C26H25BO4/c28-27(29)25-18-24(23-14-8-3-9-15-23)16-17-26(25,30-19-21-10-4-1-5-11-21)31-20-22-12-6-2-7-13-22/h1-18,25,28-29H,19-20H2. The summed E-state index contributed by atoms with van der Waals surface area (Å²) >= 11 is 0. The second-order valence-corrected chi connectivity index (χ2v) is 7.53. The Morgan fingerprint density at radius 2 is 1.19 bits per heavy atom. The molecule has 31 heavy (non-hydrogen) atoms. The van der Waals surface area contributed by atoms with Gasteiger partial charge in [-0.05, 0) is 28.3 Å². The topological polar surface area (TPSA) is 58.9 Å². The molecule has 1 atom stereocenters. The van der Waals surface area contributed by atoms with Crippen LogP contribution >= 0.6 is 0 Å². The van der Waals surface area contributed by atoms with Crippen molar-refractivity contribution in [1.29, 1.82) is 0 Å². The fourth-order valence-corrected chi connectivity index (χ4v) is 3.67. The van der Waals surface area contributed by atoms with Gasteiger partial charge in [0.2, 0.25) is 0 Å². The van der Waals surface area contributed by atoms with E-state index in [0.717, 1.165) is 22.3 Å². The van der Waals surface area contributed by atoms with Crippen LogP contribution in [0.1, 0.15) is 16.7 Å². The highest BCUT2D eigenvalue weighted by molar-refractivity contribution is 6.44. The largest absolute Gasteiger partial charge is 0.464 e. The molecule has 0 fully saturated rings. The third-order valence-electron chi connectivity index (χ3n) is 5.36. The van der Waals surface area contributed by atoms with Crippen molar-refractivity contribution in [3.05, 3.63) is 126 Å². The predicted octanol–water partition coefficient (Wildman–Crippen LogP) is 4.61. The molecule has 0 bridgehead atoms. The molecule has 0 radical (unpaired) electrons. The Labute approximate surface area is 183 Å². The molecule has 0 spiro atoms. The SMILES string of the molecule is OB(O)C1C=C(c2ccccc2)C=CC1(OCc1ccccc1)OCc1ccccc1.